The first-order chi connectivity index (χ1) is 12.0. The molecule has 0 spiro atoms. The molecule has 0 saturated carbocycles. The van der Waals surface area contributed by atoms with Gasteiger partial charge >= 0.3 is 0 Å². The van der Waals surface area contributed by atoms with Crippen LogP contribution in [0, 0.1) is 0 Å². The molecular formula is C16H22N2O6S2. The first-order valence-electron chi connectivity index (χ1n) is 8.16. The van der Waals surface area contributed by atoms with Gasteiger partial charge in [-0.05, 0) is 25.5 Å². The van der Waals surface area contributed by atoms with E-state index in [9.17, 15) is 26.4 Å². The average molecular weight is 402 g/mol. The lowest BCUT2D eigenvalue weighted by molar-refractivity contribution is -0.121. The van der Waals surface area contributed by atoms with Gasteiger partial charge in [-0.2, -0.15) is 4.31 Å². The van der Waals surface area contributed by atoms with Crippen molar-refractivity contribution in [1.82, 2.24) is 9.62 Å². The van der Waals surface area contributed by atoms with Gasteiger partial charge < -0.3 is 5.32 Å². The summed E-state index contributed by atoms with van der Waals surface area (Å²) in [5.74, 6) is -0.922. The number of sulfonamides is 1. The second kappa shape index (κ2) is 7.85. The molecule has 1 N–H and O–H groups in total. The summed E-state index contributed by atoms with van der Waals surface area (Å²) in [6, 6.07) is 5.15. The molecule has 1 atom stereocenters. The minimum atomic E-state index is -3.96. The van der Waals surface area contributed by atoms with Crippen LogP contribution < -0.4 is 5.32 Å². The normalized spacial score (nSPS) is 19.4. The standard InChI is InChI=1S/C16H22N2O6S2/c1-3-18(10-16(20)17-14-7-8-25(21,22)11-14)26(23,24)15-6-4-5-13(9-15)12(2)19/h4-6,9,14H,3,7-8,10-11H2,1-2H3,(H,17,20)/t14-/m0/s1. The van der Waals surface area contributed by atoms with Crippen LogP contribution in [0.4, 0.5) is 0 Å². The maximum absolute atomic E-state index is 12.8. The number of ketones is 1. The van der Waals surface area contributed by atoms with Crippen LogP contribution in [0.25, 0.3) is 0 Å². The number of nitrogens with one attached hydrogen (secondary N) is 1. The number of likely N-dealkylation sites (N-methyl/N-ethyl adjacent to an activating group) is 1. The van der Waals surface area contributed by atoms with Crippen LogP contribution in [0.5, 0.6) is 0 Å². The lowest BCUT2D eigenvalue weighted by Crippen LogP contribution is -2.44. The molecule has 26 heavy (non-hydrogen) atoms. The Balaban J connectivity index is 2.12. The third kappa shape index (κ3) is 4.89. The van der Waals surface area contributed by atoms with Crippen LogP contribution in [-0.4, -0.2) is 63.5 Å². The van der Waals surface area contributed by atoms with Gasteiger partial charge in [0.1, 0.15) is 0 Å². The Kier molecular flexibility index (Phi) is 6.20. The fourth-order valence-electron chi connectivity index (χ4n) is 2.73. The number of hydrogen-bond acceptors (Lipinski definition) is 6. The van der Waals surface area contributed by atoms with Crippen LogP contribution in [0.1, 0.15) is 30.6 Å². The lowest BCUT2D eigenvalue weighted by Gasteiger charge is -2.21. The van der Waals surface area contributed by atoms with Crippen molar-refractivity contribution in [2.45, 2.75) is 31.2 Å². The first-order valence-corrected chi connectivity index (χ1v) is 11.4. The Labute approximate surface area is 153 Å². The predicted molar refractivity (Wildman–Crippen MR) is 96.1 cm³/mol. The van der Waals surface area contributed by atoms with Crippen LogP contribution >= 0.6 is 0 Å². The average Bonchev–Trinajstić information content (AvgIpc) is 2.91. The zero-order valence-corrected chi connectivity index (χ0v) is 16.3. The quantitative estimate of drug-likeness (QED) is 0.651. The number of amides is 1. The number of carbonyl (C=O) groups excluding carboxylic acids is 2. The number of benzene rings is 1. The van der Waals surface area contributed by atoms with Crippen molar-refractivity contribution in [2.75, 3.05) is 24.6 Å². The van der Waals surface area contributed by atoms with Gasteiger partial charge in [-0.15, -0.1) is 0 Å². The molecule has 1 saturated heterocycles. The van der Waals surface area contributed by atoms with Crippen molar-refractivity contribution in [1.29, 1.82) is 0 Å². The van der Waals surface area contributed by atoms with Gasteiger partial charge in [0.15, 0.2) is 15.6 Å². The molecule has 2 rings (SSSR count). The Hall–Kier alpha value is -1.78. The number of hydrogen-bond donors (Lipinski definition) is 1. The highest BCUT2D eigenvalue weighted by atomic mass is 32.2. The number of Topliss-reactive ketones (excluding diaryl/α,β-unsaturated/α-hetero) is 1. The van der Waals surface area contributed by atoms with E-state index in [0.717, 1.165) is 4.31 Å². The van der Waals surface area contributed by atoms with E-state index in [-0.39, 0.29) is 34.3 Å². The molecule has 8 nitrogen and oxygen atoms in total. The van der Waals surface area contributed by atoms with E-state index < -0.39 is 38.4 Å². The van der Waals surface area contributed by atoms with Gasteiger partial charge in [0, 0.05) is 18.2 Å². The summed E-state index contributed by atoms with van der Waals surface area (Å²) in [5, 5.41) is 2.57. The molecule has 1 aromatic rings. The molecule has 1 aliphatic heterocycles. The van der Waals surface area contributed by atoms with E-state index >= 15 is 0 Å². The molecule has 1 amide bonds. The maximum atomic E-state index is 12.8. The second-order valence-corrected chi connectivity index (χ2v) is 10.3. The monoisotopic (exact) mass is 402 g/mol. The highest BCUT2D eigenvalue weighted by molar-refractivity contribution is 7.91. The van der Waals surface area contributed by atoms with Crippen LogP contribution in [0.3, 0.4) is 0 Å². The predicted octanol–water partition coefficient (Wildman–Crippen LogP) is 0.203. The molecule has 1 fully saturated rings. The molecule has 144 valence electrons. The summed E-state index contributed by atoms with van der Waals surface area (Å²) in [5.41, 5.74) is 0.266. The van der Waals surface area contributed by atoms with Gasteiger partial charge in [-0.25, -0.2) is 16.8 Å². The van der Waals surface area contributed by atoms with Crippen molar-refractivity contribution in [2.24, 2.45) is 0 Å². The molecule has 0 radical (unpaired) electrons. The molecular weight excluding hydrogens is 380 g/mol. The summed E-state index contributed by atoms with van der Waals surface area (Å²) < 4.78 is 49.4. The smallest absolute Gasteiger partial charge is 0.243 e. The molecule has 1 heterocycles. The molecule has 0 bridgehead atoms. The van der Waals surface area contributed by atoms with E-state index in [0.29, 0.717) is 6.42 Å². The Morgan fingerprint density at radius 1 is 1.31 bits per heavy atom. The van der Waals surface area contributed by atoms with Crippen molar-refractivity contribution in [3.05, 3.63) is 29.8 Å². The third-order valence-electron chi connectivity index (χ3n) is 4.15. The number of sulfone groups is 1. The highest BCUT2D eigenvalue weighted by Crippen LogP contribution is 2.18. The van der Waals surface area contributed by atoms with Gasteiger partial charge in [-0.3, -0.25) is 9.59 Å². The second-order valence-electron chi connectivity index (χ2n) is 6.18. The van der Waals surface area contributed by atoms with Crippen LogP contribution in [0.15, 0.2) is 29.2 Å². The molecule has 0 aliphatic carbocycles. The largest absolute Gasteiger partial charge is 0.351 e. The summed E-state index contributed by atoms with van der Waals surface area (Å²) in [6.45, 7) is 2.58. The minimum Gasteiger partial charge on any atom is -0.351 e. The molecule has 1 aromatic carbocycles. The van der Waals surface area contributed by atoms with E-state index in [1.165, 1.54) is 31.2 Å². The third-order valence-corrected chi connectivity index (χ3v) is 7.83. The fourth-order valence-corrected chi connectivity index (χ4v) is 5.86. The zero-order valence-electron chi connectivity index (χ0n) is 14.6. The van der Waals surface area contributed by atoms with Crippen molar-refractivity contribution >= 4 is 31.6 Å². The summed E-state index contributed by atoms with van der Waals surface area (Å²) >= 11 is 0. The fraction of sp³-hybridized carbons (Fsp3) is 0.500. The topological polar surface area (TPSA) is 118 Å². The first kappa shape index (κ1) is 20.5. The Bertz CT molecular complexity index is 908. The van der Waals surface area contributed by atoms with E-state index in [1.54, 1.807) is 6.92 Å². The van der Waals surface area contributed by atoms with Gasteiger partial charge in [0.25, 0.3) is 0 Å². The summed E-state index contributed by atoms with van der Waals surface area (Å²) in [6.07, 6.45) is 0.327. The van der Waals surface area contributed by atoms with Gasteiger partial charge in [0.2, 0.25) is 15.9 Å². The van der Waals surface area contributed by atoms with E-state index in [4.69, 9.17) is 0 Å². The lowest BCUT2D eigenvalue weighted by atomic mass is 10.2. The van der Waals surface area contributed by atoms with Crippen molar-refractivity contribution < 1.29 is 26.4 Å². The molecule has 10 heteroatoms. The SMILES string of the molecule is CCN(CC(=O)N[C@H]1CCS(=O)(=O)C1)S(=O)(=O)c1cccc(C(C)=O)c1. The van der Waals surface area contributed by atoms with Crippen LogP contribution in [-0.2, 0) is 24.7 Å². The summed E-state index contributed by atoms with van der Waals surface area (Å²) in [4.78, 5) is 23.6. The van der Waals surface area contributed by atoms with E-state index in [2.05, 4.69) is 5.32 Å². The Morgan fingerprint density at radius 2 is 2.00 bits per heavy atom. The van der Waals surface area contributed by atoms with E-state index in [1.807, 2.05) is 0 Å². The maximum Gasteiger partial charge on any atom is 0.243 e. The molecule has 0 unspecified atom stereocenters. The van der Waals surface area contributed by atoms with Gasteiger partial charge in [-0.1, -0.05) is 19.1 Å². The van der Waals surface area contributed by atoms with Crippen LogP contribution in [0.2, 0.25) is 0 Å². The molecule has 0 aromatic heterocycles. The minimum absolute atomic E-state index is 0.0194. The Morgan fingerprint density at radius 3 is 2.54 bits per heavy atom. The van der Waals surface area contributed by atoms with Crippen molar-refractivity contribution in [3.8, 4) is 0 Å². The van der Waals surface area contributed by atoms with Crippen molar-refractivity contribution in [3.63, 3.8) is 0 Å². The number of carbonyl (C=O) groups is 2. The summed E-state index contributed by atoms with van der Waals surface area (Å²) in [7, 11) is -7.09. The number of rotatable bonds is 7. The number of nitrogens with zero attached hydrogens (tertiary/aromatic N) is 1. The molecule has 1 aliphatic rings. The zero-order chi connectivity index (χ0) is 19.5. The highest BCUT2D eigenvalue weighted by Gasteiger charge is 2.31. The van der Waals surface area contributed by atoms with Gasteiger partial charge in [0.05, 0.1) is 22.9 Å².